The number of aryl methyl sites for hydroxylation is 1. The number of rotatable bonds is 7. The second-order valence-corrected chi connectivity index (χ2v) is 9.42. The van der Waals surface area contributed by atoms with Crippen LogP contribution in [0, 0.1) is 6.92 Å². The van der Waals surface area contributed by atoms with Crippen LogP contribution in [0.5, 0.6) is 0 Å². The lowest BCUT2D eigenvalue weighted by atomic mass is 10.0. The lowest BCUT2D eigenvalue weighted by molar-refractivity contribution is -0.128. The zero-order valence-corrected chi connectivity index (χ0v) is 19.7. The molecule has 5 N–H and O–H groups in total. The van der Waals surface area contributed by atoms with Crippen molar-refractivity contribution < 1.29 is 18.8 Å². The highest BCUT2D eigenvalue weighted by Gasteiger charge is 2.37. The molecule has 0 bridgehead atoms. The summed E-state index contributed by atoms with van der Waals surface area (Å²) in [7, 11) is 0. The first-order valence-corrected chi connectivity index (χ1v) is 11.0. The Balaban J connectivity index is 2.12. The number of nitrogens with one attached hydrogen (secondary N) is 1. The highest BCUT2D eigenvalue weighted by atomic mass is 32.1. The van der Waals surface area contributed by atoms with E-state index in [1.807, 2.05) is 51.1 Å². The number of benzene rings is 1. The van der Waals surface area contributed by atoms with Gasteiger partial charge in [-0.15, -0.1) is 0 Å². The predicted octanol–water partition coefficient (Wildman–Crippen LogP) is 3.02. The minimum absolute atomic E-state index is 0.0246. The molecule has 3 amide bonds. The van der Waals surface area contributed by atoms with E-state index >= 15 is 0 Å². The average molecular weight is 470 g/mol. The third-order valence-corrected chi connectivity index (χ3v) is 5.55. The molecule has 2 aromatic heterocycles. The van der Waals surface area contributed by atoms with Gasteiger partial charge in [-0.2, -0.15) is 4.37 Å². The Morgan fingerprint density at radius 2 is 1.82 bits per heavy atom. The highest BCUT2D eigenvalue weighted by molar-refractivity contribution is 7.09. The number of nitrogens with zero attached hydrogens (tertiary/aromatic N) is 2. The third-order valence-electron chi connectivity index (χ3n) is 4.70. The first-order valence-electron chi connectivity index (χ1n) is 10.3. The number of carbonyl (C=O) groups excluding carboxylic acids is 3. The molecule has 3 rings (SSSR count). The molecule has 1 aromatic carbocycles. The normalized spacial score (nSPS) is 12.2. The first-order chi connectivity index (χ1) is 15.5. The van der Waals surface area contributed by atoms with E-state index in [1.54, 1.807) is 19.1 Å². The Morgan fingerprint density at radius 1 is 1.15 bits per heavy atom. The van der Waals surface area contributed by atoms with Gasteiger partial charge in [-0.05, 0) is 56.9 Å². The van der Waals surface area contributed by atoms with Gasteiger partial charge in [0.2, 0.25) is 0 Å². The topological polar surface area (TPSA) is 145 Å². The molecule has 0 aliphatic heterocycles. The number of amides is 3. The lowest BCUT2D eigenvalue weighted by Crippen LogP contribution is -2.49. The van der Waals surface area contributed by atoms with Crippen LogP contribution in [0.25, 0.3) is 0 Å². The molecular formula is C23H27N5O4S. The monoisotopic (exact) mass is 469 g/mol. The zero-order valence-electron chi connectivity index (χ0n) is 18.9. The maximum absolute atomic E-state index is 13.7. The summed E-state index contributed by atoms with van der Waals surface area (Å²) in [6.45, 7) is 7.38. The molecule has 0 radical (unpaired) electrons. The molecule has 0 saturated carbocycles. The van der Waals surface area contributed by atoms with E-state index in [1.165, 1.54) is 4.90 Å². The van der Waals surface area contributed by atoms with E-state index < -0.39 is 29.3 Å². The molecular weight excluding hydrogens is 442 g/mol. The second kappa shape index (κ2) is 9.45. The lowest BCUT2D eigenvalue weighted by Gasteiger charge is -2.32. The van der Waals surface area contributed by atoms with Gasteiger partial charge in [0.25, 0.3) is 17.7 Å². The molecule has 33 heavy (non-hydrogen) atoms. The summed E-state index contributed by atoms with van der Waals surface area (Å²) in [5.41, 5.74) is 11.3. The van der Waals surface area contributed by atoms with Crippen molar-refractivity contribution in [2.45, 2.75) is 45.8 Å². The number of hydrogen-bond donors (Lipinski definition) is 3. The predicted molar refractivity (Wildman–Crippen MR) is 125 cm³/mol. The molecule has 9 nitrogen and oxygen atoms in total. The number of nitrogen functional groups attached to an aromatic ring is 1. The van der Waals surface area contributed by atoms with Crippen LogP contribution in [-0.4, -0.2) is 32.5 Å². The summed E-state index contributed by atoms with van der Waals surface area (Å²) in [6, 6.07) is 11.5. The van der Waals surface area contributed by atoms with E-state index in [0.717, 1.165) is 17.1 Å². The Labute approximate surface area is 195 Å². The minimum Gasteiger partial charge on any atom is -0.464 e. The fourth-order valence-electron chi connectivity index (χ4n) is 3.28. The fourth-order valence-corrected chi connectivity index (χ4v) is 4.04. The van der Waals surface area contributed by atoms with Crippen molar-refractivity contribution in [3.63, 3.8) is 0 Å². The molecule has 0 aliphatic rings. The summed E-state index contributed by atoms with van der Waals surface area (Å²) in [5.74, 6) is -0.916. The van der Waals surface area contributed by atoms with Crippen LogP contribution >= 0.6 is 11.5 Å². The summed E-state index contributed by atoms with van der Waals surface area (Å²) in [5, 5.41) is 2.93. The second-order valence-electron chi connectivity index (χ2n) is 8.65. The van der Waals surface area contributed by atoms with Crippen LogP contribution in [0.4, 0.5) is 5.69 Å². The van der Waals surface area contributed by atoms with Gasteiger partial charge in [-0.25, -0.2) is 0 Å². The third kappa shape index (κ3) is 5.58. The molecule has 0 unspecified atom stereocenters. The SMILES string of the molecule is Cc1ccc([C@@H](C(=O)NC(C)(C)C)N(Cc2ccccc2)C(=O)c2snc(C(N)=O)c2N)o1. The molecule has 10 heteroatoms. The van der Waals surface area contributed by atoms with Crippen molar-refractivity contribution in [2.24, 2.45) is 5.73 Å². The molecule has 0 fully saturated rings. The maximum atomic E-state index is 13.7. The standard InChI is InChI=1S/C23H27N5O4S/c1-13-10-11-15(32-13)18(21(30)26-23(2,3)4)28(12-14-8-6-5-7-9-14)22(31)19-16(24)17(20(25)29)27-33-19/h5-11,18H,12,24H2,1-4H3,(H2,25,29)(H,26,30)/t18-/m0/s1. The quantitative estimate of drug-likeness (QED) is 0.485. The molecule has 1 atom stereocenters. The summed E-state index contributed by atoms with van der Waals surface area (Å²) in [4.78, 5) is 40.2. The van der Waals surface area contributed by atoms with Crippen molar-refractivity contribution in [3.8, 4) is 0 Å². The smallest absolute Gasteiger partial charge is 0.270 e. The van der Waals surface area contributed by atoms with Crippen LogP contribution in [0.15, 0.2) is 46.9 Å². The Hall–Kier alpha value is -3.66. The van der Waals surface area contributed by atoms with Crippen molar-refractivity contribution in [3.05, 3.63) is 70.1 Å². The summed E-state index contributed by atoms with van der Waals surface area (Å²) < 4.78 is 9.72. The average Bonchev–Trinajstić information content (AvgIpc) is 3.32. The van der Waals surface area contributed by atoms with Crippen molar-refractivity contribution >= 4 is 34.9 Å². The van der Waals surface area contributed by atoms with Gasteiger partial charge in [-0.1, -0.05) is 30.3 Å². The van der Waals surface area contributed by atoms with Crippen molar-refractivity contribution in [1.29, 1.82) is 0 Å². The van der Waals surface area contributed by atoms with E-state index in [2.05, 4.69) is 9.69 Å². The zero-order chi connectivity index (χ0) is 24.3. The number of nitrogens with two attached hydrogens (primary N) is 2. The van der Waals surface area contributed by atoms with E-state index in [0.29, 0.717) is 11.5 Å². The molecule has 3 aromatic rings. The summed E-state index contributed by atoms with van der Waals surface area (Å²) >= 11 is 0.765. The van der Waals surface area contributed by atoms with Crippen molar-refractivity contribution in [2.75, 3.05) is 5.73 Å². The summed E-state index contributed by atoms with van der Waals surface area (Å²) in [6.07, 6.45) is 0. The van der Waals surface area contributed by atoms with Gasteiger partial charge >= 0.3 is 0 Å². The van der Waals surface area contributed by atoms with Gasteiger partial charge in [0.1, 0.15) is 16.4 Å². The van der Waals surface area contributed by atoms with Crippen LogP contribution in [0.2, 0.25) is 0 Å². The van der Waals surface area contributed by atoms with Crippen LogP contribution < -0.4 is 16.8 Å². The van der Waals surface area contributed by atoms with Crippen molar-refractivity contribution in [1.82, 2.24) is 14.6 Å². The van der Waals surface area contributed by atoms with Gasteiger partial charge in [0, 0.05) is 12.1 Å². The first kappa shape index (κ1) is 24.0. The molecule has 0 aliphatic carbocycles. The van der Waals surface area contributed by atoms with Gasteiger partial charge < -0.3 is 26.1 Å². The largest absolute Gasteiger partial charge is 0.464 e. The van der Waals surface area contributed by atoms with Crippen LogP contribution in [-0.2, 0) is 11.3 Å². The van der Waals surface area contributed by atoms with Gasteiger partial charge in [-0.3, -0.25) is 14.4 Å². The van der Waals surface area contributed by atoms with Gasteiger partial charge in [0.15, 0.2) is 11.7 Å². The number of primary amides is 1. The van der Waals surface area contributed by atoms with Gasteiger partial charge in [0.05, 0.1) is 5.69 Å². The number of aromatic nitrogens is 1. The minimum atomic E-state index is -1.09. The Bertz CT molecular complexity index is 1160. The molecule has 174 valence electrons. The Kier molecular flexibility index (Phi) is 6.87. The molecule has 0 saturated heterocycles. The number of furan rings is 1. The number of hydrogen-bond acceptors (Lipinski definition) is 7. The maximum Gasteiger partial charge on any atom is 0.270 e. The molecule has 0 spiro atoms. The number of anilines is 1. The van der Waals surface area contributed by atoms with E-state index in [-0.39, 0.29) is 22.8 Å². The Morgan fingerprint density at radius 3 is 2.33 bits per heavy atom. The highest BCUT2D eigenvalue weighted by Crippen LogP contribution is 2.31. The van der Waals surface area contributed by atoms with Crippen LogP contribution in [0.1, 0.15) is 64.1 Å². The van der Waals surface area contributed by atoms with E-state index in [9.17, 15) is 14.4 Å². The van der Waals surface area contributed by atoms with Crippen LogP contribution in [0.3, 0.4) is 0 Å². The number of carbonyl (C=O) groups is 3. The van der Waals surface area contributed by atoms with E-state index in [4.69, 9.17) is 15.9 Å². The molecule has 2 heterocycles. The fraction of sp³-hybridized carbons (Fsp3) is 0.304.